The van der Waals surface area contributed by atoms with Crippen molar-refractivity contribution >= 4 is 4.85 Å². The molecule has 0 atom stereocenters. The van der Waals surface area contributed by atoms with Crippen molar-refractivity contribution in [2.45, 2.75) is 13.8 Å². The summed E-state index contributed by atoms with van der Waals surface area (Å²) in [6, 6.07) is 0. The second kappa shape index (κ2) is 4.57. The van der Waals surface area contributed by atoms with Crippen molar-refractivity contribution < 1.29 is 17.0 Å². The van der Waals surface area contributed by atoms with Gasteiger partial charge in [0.15, 0.2) is 0 Å². The van der Waals surface area contributed by atoms with Gasteiger partial charge in [-0.2, -0.15) is 0 Å². The molecule has 0 aliphatic heterocycles. The molecule has 1 nitrogen and oxygen atoms in total. The van der Waals surface area contributed by atoms with Gasteiger partial charge < -0.3 is 0 Å². The zero-order chi connectivity index (χ0) is 5.70. The van der Waals surface area contributed by atoms with Crippen LogP contribution >= 0.6 is 0 Å². The summed E-state index contributed by atoms with van der Waals surface area (Å²) < 4.78 is 0. The van der Waals surface area contributed by atoms with E-state index in [2.05, 4.69) is 35.7 Å². The summed E-state index contributed by atoms with van der Waals surface area (Å²) in [4.78, 5) is 4.27. The number of hydrogen-bond donors (Lipinski definition) is 0. The molecule has 0 radical (unpaired) electrons. The Balaban J connectivity index is 3.16. The maximum absolute atomic E-state index is 2.45. The molecule has 0 heterocycles. The fourth-order valence-corrected chi connectivity index (χ4v) is 0.897. The monoisotopic (exact) mass is 136 g/mol. The topological polar surface area (TPSA) is 3.24 Å². The number of rotatable bonds is 3. The van der Waals surface area contributed by atoms with Crippen molar-refractivity contribution in [2.75, 3.05) is 13.1 Å². The van der Waals surface area contributed by atoms with Crippen LogP contribution in [-0.4, -0.2) is 22.8 Å². The van der Waals surface area contributed by atoms with Crippen LogP contribution in [0.1, 0.15) is 13.8 Å². The average Bonchev–Trinajstić information content (AvgIpc) is 1.72. The molecule has 0 aromatic carbocycles. The van der Waals surface area contributed by atoms with Crippen LogP contribution in [0.15, 0.2) is 0 Å². The van der Waals surface area contributed by atoms with Crippen LogP contribution in [0.2, 0.25) is 0 Å². The average molecular weight is 136 g/mol. The number of nitrogens with zero attached hydrogens (tertiary/aromatic N) is 1. The summed E-state index contributed by atoms with van der Waals surface area (Å²) in [5, 5.41) is 0. The molecular formula is C5H11NV. The summed E-state index contributed by atoms with van der Waals surface area (Å²) in [6.45, 7) is 6.53. The van der Waals surface area contributed by atoms with Crippen LogP contribution in [-0.2, 0) is 17.0 Å². The molecule has 2 heteroatoms. The van der Waals surface area contributed by atoms with E-state index in [0.29, 0.717) is 0 Å². The minimum absolute atomic E-state index is 1.12. The molecular weight excluding hydrogens is 125 g/mol. The maximum atomic E-state index is 2.45. The van der Waals surface area contributed by atoms with Crippen molar-refractivity contribution in [3.05, 3.63) is 0 Å². The van der Waals surface area contributed by atoms with Gasteiger partial charge in [0.1, 0.15) is 0 Å². The second-order valence-electron chi connectivity index (χ2n) is 1.34. The Morgan fingerprint density at radius 3 is 1.86 bits per heavy atom. The molecule has 0 amide bonds. The van der Waals surface area contributed by atoms with Crippen molar-refractivity contribution in [1.29, 1.82) is 0 Å². The summed E-state index contributed by atoms with van der Waals surface area (Å²) in [6.07, 6.45) is 0. The van der Waals surface area contributed by atoms with E-state index in [1.807, 2.05) is 4.85 Å². The molecule has 0 unspecified atom stereocenters. The van der Waals surface area contributed by atoms with Crippen LogP contribution < -0.4 is 0 Å². The van der Waals surface area contributed by atoms with Gasteiger partial charge in [0.05, 0.1) is 0 Å². The standard InChI is InChI=1S/C5H11N.V/c1-4-6(3)5-2;/h3H,4-5H2,1-2H3;. The van der Waals surface area contributed by atoms with Gasteiger partial charge >= 0.3 is 53.7 Å². The Labute approximate surface area is 54.2 Å². The van der Waals surface area contributed by atoms with Gasteiger partial charge in [-0.1, -0.05) is 0 Å². The molecule has 0 aromatic rings. The van der Waals surface area contributed by atoms with E-state index < -0.39 is 0 Å². The summed E-state index contributed by atoms with van der Waals surface area (Å²) in [5.41, 5.74) is 0. The van der Waals surface area contributed by atoms with Crippen molar-refractivity contribution in [3.8, 4) is 0 Å². The third-order valence-electron chi connectivity index (χ3n) is 0.976. The molecule has 0 aromatic heterocycles. The minimum atomic E-state index is 1.12. The van der Waals surface area contributed by atoms with Gasteiger partial charge in [-0.25, -0.2) is 0 Å². The van der Waals surface area contributed by atoms with E-state index in [1.165, 1.54) is 0 Å². The molecule has 0 fully saturated rings. The first-order valence-corrected chi connectivity index (χ1v) is 3.37. The van der Waals surface area contributed by atoms with Gasteiger partial charge in [-0.15, -0.1) is 0 Å². The molecule has 0 saturated heterocycles. The quantitative estimate of drug-likeness (QED) is 0.550. The van der Waals surface area contributed by atoms with Crippen LogP contribution in [0, 0.1) is 0 Å². The zero-order valence-electron chi connectivity index (χ0n) is 4.89. The normalized spacial score (nSPS) is 9.43. The van der Waals surface area contributed by atoms with E-state index >= 15 is 0 Å². The van der Waals surface area contributed by atoms with Crippen molar-refractivity contribution in [2.24, 2.45) is 0 Å². The molecule has 0 aliphatic carbocycles. The molecule has 41 valence electrons. The van der Waals surface area contributed by atoms with Crippen LogP contribution in [0.4, 0.5) is 0 Å². The van der Waals surface area contributed by atoms with Crippen molar-refractivity contribution in [3.63, 3.8) is 0 Å². The first-order chi connectivity index (χ1) is 3.35. The summed E-state index contributed by atoms with van der Waals surface area (Å²) in [7, 11) is 0. The van der Waals surface area contributed by atoms with E-state index in [1.54, 1.807) is 0 Å². The third kappa shape index (κ3) is 3.04. The predicted molar refractivity (Wildman–Crippen MR) is 29.0 cm³/mol. The van der Waals surface area contributed by atoms with Gasteiger partial charge in [-0.3, -0.25) is 0 Å². The SMILES string of the molecule is CCN([CH]=[V])CC. The summed E-state index contributed by atoms with van der Waals surface area (Å²) in [5.74, 6) is 0. The van der Waals surface area contributed by atoms with Crippen LogP contribution in [0.25, 0.3) is 0 Å². The second-order valence-corrected chi connectivity index (χ2v) is 1.70. The first kappa shape index (κ1) is 7.41. The van der Waals surface area contributed by atoms with Gasteiger partial charge in [-0.05, 0) is 0 Å². The van der Waals surface area contributed by atoms with Crippen LogP contribution in [0.3, 0.4) is 0 Å². The van der Waals surface area contributed by atoms with E-state index in [0.717, 1.165) is 13.1 Å². The van der Waals surface area contributed by atoms with E-state index in [-0.39, 0.29) is 0 Å². The Hall–Kier alpha value is 0.414. The predicted octanol–water partition coefficient (Wildman–Crippen LogP) is 0.635. The Morgan fingerprint density at radius 2 is 1.86 bits per heavy atom. The third-order valence-corrected chi connectivity index (χ3v) is 1.49. The molecule has 0 bridgehead atoms. The van der Waals surface area contributed by atoms with E-state index in [9.17, 15) is 0 Å². The molecule has 0 aliphatic rings. The molecule has 0 spiro atoms. The van der Waals surface area contributed by atoms with Gasteiger partial charge in [0.25, 0.3) is 0 Å². The first-order valence-electron chi connectivity index (χ1n) is 2.56. The molecule has 7 heavy (non-hydrogen) atoms. The fourth-order valence-electron chi connectivity index (χ4n) is 0.387. The van der Waals surface area contributed by atoms with Gasteiger partial charge in [0, 0.05) is 0 Å². The fraction of sp³-hybridized carbons (Fsp3) is 0.800. The Morgan fingerprint density at radius 1 is 1.43 bits per heavy atom. The molecule has 0 saturated carbocycles. The van der Waals surface area contributed by atoms with E-state index in [4.69, 9.17) is 0 Å². The Bertz CT molecular complexity index is 50.0. The van der Waals surface area contributed by atoms with Crippen molar-refractivity contribution in [1.82, 2.24) is 4.90 Å². The zero-order valence-corrected chi connectivity index (χ0v) is 6.28. The Kier molecular flexibility index (Phi) is 4.84. The summed E-state index contributed by atoms with van der Waals surface area (Å²) >= 11 is 2.45. The van der Waals surface area contributed by atoms with Crippen LogP contribution in [0.5, 0.6) is 0 Å². The van der Waals surface area contributed by atoms with Gasteiger partial charge in [0.2, 0.25) is 0 Å². The number of hydrogen-bond acceptors (Lipinski definition) is 1. The molecule has 0 rings (SSSR count). The molecule has 0 N–H and O–H groups in total.